The van der Waals surface area contributed by atoms with Crippen LogP contribution in [0.2, 0.25) is 0 Å². The van der Waals surface area contributed by atoms with E-state index in [4.69, 9.17) is 0 Å². The summed E-state index contributed by atoms with van der Waals surface area (Å²) in [5, 5.41) is 12.0. The van der Waals surface area contributed by atoms with Gasteiger partial charge in [-0.05, 0) is 35.7 Å². The summed E-state index contributed by atoms with van der Waals surface area (Å²) in [6, 6.07) is 11.9. The zero-order chi connectivity index (χ0) is 17.3. The minimum absolute atomic E-state index is 0.312. The SMILES string of the molecule is O=C([O-])C[C@@H](c1ccc(C(F)(F)F)cc1)c1c[nH]c2ccccc12. The molecule has 0 saturated heterocycles. The number of aromatic amines is 1. The number of aromatic nitrogens is 1. The first-order chi connectivity index (χ1) is 11.4. The molecule has 6 heteroatoms. The molecule has 3 rings (SSSR count). The van der Waals surface area contributed by atoms with E-state index in [0.717, 1.165) is 28.6 Å². The smallest absolute Gasteiger partial charge is 0.416 e. The lowest BCUT2D eigenvalue weighted by molar-refractivity contribution is -0.305. The molecule has 0 radical (unpaired) electrons. The number of hydrogen-bond acceptors (Lipinski definition) is 2. The summed E-state index contributed by atoms with van der Waals surface area (Å²) in [6.45, 7) is 0. The maximum atomic E-state index is 12.7. The zero-order valence-corrected chi connectivity index (χ0v) is 12.4. The maximum Gasteiger partial charge on any atom is 0.416 e. The van der Waals surface area contributed by atoms with Crippen LogP contribution in [0.5, 0.6) is 0 Å². The van der Waals surface area contributed by atoms with Gasteiger partial charge in [0, 0.05) is 29.0 Å². The van der Waals surface area contributed by atoms with Gasteiger partial charge in [0.05, 0.1) is 5.56 Å². The summed E-state index contributed by atoms with van der Waals surface area (Å²) in [6.07, 6.45) is -3.05. The number of aliphatic carboxylic acids is 1. The molecule has 2 aromatic carbocycles. The molecule has 1 heterocycles. The van der Waals surface area contributed by atoms with Gasteiger partial charge in [-0.2, -0.15) is 13.2 Å². The van der Waals surface area contributed by atoms with Crippen LogP contribution >= 0.6 is 0 Å². The fraction of sp³-hybridized carbons (Fsp3) is 0.167. The molecule has 0 spiro atoms. The highest BCUT2D eigenvalue weighted by molar-refractivity contribution is 5.85. The highest BCUT2D eigenvalue weighted by Gasteiger charge is 2.30. The fourth-order valence-corrected chi connectivity index (χ4v) is 2.86. The fourth-order valence-electron chi connectivity index (χ4n) is 2.86. The topological polar surface area (TPSA) is 55.9 Å². The average Bonchev–Trinajstić information content (AvgIpc) is 2.96. The predicted octanol–water partition coefficient (Wildman–Crippen LogP) is 3.46. The van der Waals surface area contributed by atoms with E-state index in [0.29, 0.717) is 5.56 Å². The van der Waals surface area contributed by atoms with E-state index < -0.39 is 23.6 Å². The van der Waals surface area contributed by atoms with Crippen molar-refractivity contribution in [1.29, 1.82) is 0 Å². The Hall–Kier alpha value is -2.76. The van der Waals surface area contributed by atoms with Crippen molar-refractivity contribution in [1.82, 2.24) is 4.98 Å². The van der Waals surface area contributed by atoms with Gasteiger partial charge in [0.15, 0.2) is 0 Å². The second-order valence-corrected chi connectivity index (χ2v) is 5.54. The van der Waals surface area contributed by atoms with Crippen molar-refractivity contribution in [3.05, 3.63) is 71.4 Å². The van der Waals surface area contributed by atoms with Crippen LogP contribution in [0.15, 0.2) is 54.7 Å². The number of carboxylic acids is 1. The van der Waals surface area contributed by atoms with E-state index in [1.54, 1.807) is 6.20 Å². The Kier molecular flexibility index (Phi) is 4.05. The minimum atomic E-state index is -4.43. The third-order valence-electron chi connectivity index (χ3n) is 4.01. The second kappa shape index (κ2) is 6.03. The van der Waals surface area contributed by atoms with Gasteiger partial charge in [0.1, 0.15) is 0 Å². The molecule has 0 aliphatic carbocycles. The number of H-pyrrole nitrogens is 1. The van der Waals surface area contributed by atoms with Crippen LogP contribution in [0.25, 0.3) is 10.9 Å². The van der Waals surface area contributed by atoms with E-state index in [1.165, 1.54) is 12.1 Å². The van der Waals surface area contributed by atoms with Crippen LogP contribution in [-0.2, 0) is 11.0 Å². The van der Waals surface area contributed by atoms with Crippen molar-refractivity contribution in [2.75, 3.05) is 0 Å². The van der Waals surface area contributed by atoms with E-state index in [1.807, 2.05) is 24.3 Å². The van der Waals surface area contributed by atoms with Gasteiger partial charge in [-0.25, -0.2) is 0 Å². The molecule has 0 fully saturated rings. The molecule has 0 aliphatic rings. The quantitative estimate of drug-likeness (QED) is 0.795. The number of nitrogens with one attached hydrogen (secondary N) is 1. The van der Waals surface area contributed by atoms with Gasteiger partial charge < -0.3 is 14.9 Å². The summed E-state index contributed by atoms with van der Waals surface area (Å²) in [7, 11) is 0. The number of fused-ring (bicyclic) bond motifs is 1. The number of rotatable bonds is 4. The second-order valence-electron chi connectivity index (χ2n) is 5.54. The number of benzene rings is 2. The van der Waals surface area contributed by atoms with Crippen molar-refractivity contribution in [3.8, 4) is 0 Å². The van der Waals surface area contributed by atoms with E-state index >= 15 is 0 Å². The molecular formula is C18H13F3NO2-. The maximum absolute atomic E-state index is 12.7. The monoisotopic (exact) mass is 332 g/mol. The van der Waals surface area contributed by atoms with Crippen LogP contribution in [0.1, 0.15) is 29.0 Å². The number of carboxylic acid groups (broad SMARTS) is 1. The molecule has 0 saturated carbocycles. The van der Waals surface area contributed by atoms with Gasteiger partial charge in [0.25, 0.3) is 0 Å². The summed E-state index contributed by atoms with van der Waals surface area (Å²) in [5.74, 6) is -1.85. The first-order valence-electron chi connectivity index (χ1n) is 7.29. The predicted molar refractivity (Wildman–Crippen MR) is 81.2 cm³/mol. The van der Waals surface area contributed by atoms with Crippen molar-refractivity contribution in [2.45, 2.75) is 18.5 Å². The van der Waals surface area contributed by atoms with Crippen molar-refractivity contribution >= 4 is 16.9 Å². The number of carbonyl (C=O) groups excluding carboxylic acids is 1. The van der Waals surface area contributed by atoms with Gasteiger partial charge >= 0.3 is 6.18 Å². The zero-order valence-electron chi connectivity index (χ0n) is 12.4. The van der Waals surface area contributed by atoms with Crippen molar-refractivity contribution in [3.63, 3.8) is 0 Å². The first-order valence-corrected chi connectivity index (χ1v) is 7.29. The summed E-state index contributed by atoms with van der Waals surface area (Å²) in [4.78, 5) is 14.2. The standard InChI is InChI=1S/C18H14F3NO2/c19-18(20,21)12-7-5-11(6-8-12)14(9-17(23)24)15-10-22-16-4-2-1-3-13(15)16/h1-8,10,14,22H,9H2,(H,23,24)/p-1/t14-/m0/s1. The Labute approximate surface area is 135 Å². The molecule has 1 atom stereocenters. The van der Waals surface area contributed by atoms with E-state index in [2.05, 4.69) is 4.98 Å². The van der Waals surface area contributed by atoms with Crippen molar-refractivity contribution < 1.29 is 23.1 Å². The Morgan fingerprint density at radius 3 is 2.38 bits per heavy atom. The molecule has 1 aromatic heterocycles. The Morgan fingerprint density at radius 2 is 1.75 bits per heavy atom. The van der Waals surface area contributed by atoms with Gasteiger partial charge in [-0.3, -0.25) is 0 Å². The van der Waals surface area contributed by atoms with E-state index in [-0.39, 0.29) is 6.42 Å². The largest absolute Gasteiger partial charge is 0.550 e. The molecule has 0 bridgehead atoms. The Balaban J connectivity index is 2.05. The molecule has 1 N–H and O–H groups in total. The number of carbonyl (C=O) groups is 1. The first kappa shape index (κ1) is 16.1. The van der Waals surface area contributed by atoms with Gasteiger partial charge in [0.2, 0.25) is 0 Å². The van der Waals surface area contributed by atoms with Crippen LogP contribution in [0.3, 0.4) is 0 Å². The lowest BCUT2D eigenvalue weighted by Crippen LogP contribution is -2.25. The van der Waals surface area contributed by atoms with E-state index in [9.17, 15) is 23.1 Å². The van der Waals surface area contributed by atoms with Crippen LogP contribution in [0, 0.1) is 0 Å². The molecule has 24 heavy (non-hydrogen) atoms. The van der Waals surface area contributed by atoms with Gasteiger partial charge in [-0.15, -0.1) is 0 Å². The van der Waals surface area contributed by atoms with Crippen molar-refractivity contribution in [2.24, 2.45) is 0 Å². The summed E-state index contributed by atoms with van der Waals surface area (Å²) < 4.78 is 38.1. The molecule has 0 amide bonds. The lowest BCUT2D eigenvalue weighted by atomic mass is 9.88. The summed E-state index contributed by atoms with van der Waals surface area (Å²) in [5.41, 5.74) is 1.28. The number of hydrogen-bond donors (Lipinski definition) is 1. The molecule has 3 nitrogen and oxygen atoms in total. The van der Waals surface area contributed by atoms with Crippen LogP contribution in [-0.4, -0.2) is 11.0 Å². The number of halogens is 3. The highest BCUT2D eigenvalue weighted by atomic mass is 19.4. The lowest BCUT2D eigenvalue weighted by Gasteiger charge is -2.18. The summed E-state index contributed by atoms with van der Waals surface area (Å²) >= 11 is 0. The van der Waals surface area contributed by atoms with Crippen LogP contribution < -0.4 is 5.11 Å². The third-order valence-corrected chi connectivity index (χ3v) is 4.01. The molecule has 0 aliphatic heterocycles. The third kappa shape index (κ3) is 3.13. The molecule has 124 valence electrons. The minimum Gasteiger partial charge on any atom is -0.550 e. The van der Waals surface area contributed by atoms with Crippen LogP contribution in [0.4, 0.5) is 13.2 Å². The molecule has 0 unspecified atom stereocenters. The molecular weight excluding hydrogens is 319 g/mol. The number of alkyl halides is 3. The Morgan fingerprint density at radius 1 is 1.08 bits per heavy atom. The highest BCUT2D eigenvalue weighted by Crippen LogP contribution is 2.35. The molecule has 3 aromatic rings. The number of para-hydroxylation sites is 1. The Bertz CT molecular complexity index is 866. The average molecular weight is 332 g/mol. The van der Waals surface area contributed by atoms with Gasteiger partial charge in [-0.1, -0.05) is 30.3 Å². The normalized spacial score (nSPS) is 13.1.